The lowest BCUT2D eigenvalue weighted by Crippen LogP contribution is -2.43. The third-order valence-electron chi connectivity index (χ3n) is 4.54. The van der Waals surface area contributed by atoms with E-state index in [-0.39, 0.29) is 18.1 Å². The number of fused-ring (bicyclic) bond motifs is 1. The van der Waals surface area contributed by atoms with Gasteiger partial charge in [-0.1, -0.05) is 18.2 Å². The fraction of sp³-hybridized carbons (Fsp3) is 0.364. The first-order valence-corrected chi connectivity index (χ1v) is 9.25. The molecule has 27 heavy (non-hydrogen) atoms. The Morgan fingerprint density at radius 3 is 2.37 bits per heavy atom. The summed E-state index contributed by atoms with van der Waals surface area (Å²) in [5, 5.41) is 0. The van der Waals surface area contributed by atoms with Crippen molar-refractivity contribution in [1.29, 1.82) is 0 Å². The van der Waals surface area contributed by atoms with Gasteiger partial charge in [0.1, 0.15) is 5.75 Å². The molecule has 142 valence electrons. The van der Waals surface area contributed by atoms with E-state index in [0.717, 1.165) is 17.7 Å². The van der Waals surface area contributed by atoms with Crippen LogP contribution in [-0.4, -0.2) is 30.1 Å². The second kappa shape index (κ2) is 7.82. The van der Waals surface area contributed by atoms with Crippen LogP contribution in [0.1, 0.15) is 43.6 Å². The minimum atomic E-state index is -0.863. The van der Waals surface area contributed by atoms with Crippen LogP contribution in [0.25, 0.3) is 0 Å². The predicted molar refractivity (Wildman–Crippen MR) is 104 cm³/mol. The highest BCUT2D eigenvalue weighted by atomic mass is 16.5. The molecule has 0 saturated carbocycles. The summed E-state index contributed by atoms with van der Waals surface area (Å²) in [6, 6.07) is 14.6. The Kier molecular flexibility index (Phi) is 5.49. The molecule has 5 heteroatoms. The van der Waals surface area contributed by atoms with Gasteiger partial charge in [-0.05, 0) is 70.0 Å². The molecule has 3 rings (SSSR count). The van der Waals surface area contributed by atoms with Crippen molar-refractivity contribution in [3.05, 3.63) is 59.7 Å². The van der Waals surface area contributed by atoms with Crippen molar-refractivity contribution in [1.82, 2.24) is 0 Å². The van der Waals surface area contributed by atoms with Crippen LogP contribution in [0.5, 0.6) is 5.75 Å². The summed E-state index contributed by atoms with van der Waals surface area (Å²) in [6.07, 6.45) is 0.00311. The maximum atomic E-state index is 12.9. The van der Waals surface area contributed by atoms with E-state index in [1.54, 1.807) is 36.1 Å². The van der Waals surface area contributed by atoms with Crippen LogP contribution in [0, 0.1) is 0 Å². The molecule has 1 amide bonds. The molecule has 2 atom stereocenters. The van der Waals surface area contributed by atoms with Gasteiger partial charge in [-0.25, -0.2) is 4.79 Å². The Morgan fingerprint density at radius 2 is 1.70 bits per heavy atom. The van der Waals surface area contributed by atoms with Crippen molar-refractivity contribution in [2.75, 3.05) is 4.90 Å². The average molecular weight is 367 g/mol. The number of carbonyl (C=O) groups is 2. The molecule has 2 aromatic rings. The van der Waals surface area contributed by atoms with E-state index in [1.807, 2.05) is 45.0 Å². The van der Waals surface area contributed by atoms with Gasteiger partial charge in [0.15, 0.2) is 6.10 Å². The van der Waals surface area contributed by atoms with Crippen LogP contribution in [-0.2, 0) is 16.0 Å². The highest BCUT2D eigenvalue weighted by molar-refractivity contribution is 6.00. The van der Waals surface area contributed by atoms with Gasteiger partial charge in [-0.15, -0.1) is 0 Å². The lowest BCUT2D eigenvalue weighted by atomic mass is 10.1. The number of benzene rings is 2. The molecule has 0 radical (unpaired) electrons. The summed E-state index contributed by atoms with van der Waals surface area (Å²) in [5.74, 6) is -0.0409. The zero-order valence-corrected chi connectivity index (χ0v) is 16.1. The lowest BCUT2D eigenvalue weighted by molar-refractivity contribution is -0.126. The standard InChI is InChI=1S/C22H25NO4/c1-14(2)26-19-11-9-17(10-12-19)22(25)27-16(4)21(24)23-15(3)13-18-7-5-6-8-20(18)23/h5-12,14-16H,13H2,1-4H3/t15-,16+/m0/s1. The van der Waals surface area contributed by atoms with E-state index in [0.29, 0.717) is 11.3 Å². The number of hydrogen-bond donors (Lipinski definition) is 0. The number of esters is 1. The van der Waals surface area contributed by atoms with Gasteiger partial charge in [0.25, 0.3) is 5.91 Å². The first kappa shape index (κ1) is 19.0. The van der Waals surface area contributed by atoms with Crippen molar-refractivity contribution in [2.24, 2.45) is 0 Å². The molecule has 0 spiro atoms. The summed E-state index contributed by atoms with van der Waals surface area (Å²) in [4.78, 5) is 27.0. The monoisotopic (exact) mass is 367 g/mol. The summed E-state index contributed by atoms with van der Waals surface area (Å²) in [5.41, 5.74) is 2.42. The molecule has 2 aromatic carbocycles. The van der Waals surface area contributed by atoms with E-state index in [4.69, 9.17) is 9.47 Å². The zero-order valence-electron chi connectivity index (χ0n) is 16.1. The number of nitrogens with zero attached hydrogens (tertiary/aromatic N) is 1. The molecular weight excluding hydrogens is 342 g/mol. The molecule has 1 aliphatic heterocycles. The number of rotatable bonds is 5. The molecule has 0 aromatic heterocycles. The lowest BCUT2D eigenvalue weighted by Gasteiger charge is -2.26. The van der Waals surface area contributed by atoms with E-state index in [9.17, 15) is 9.59 Å². The Balaban J connectivity index is 1.67. The second-order valence-electron chi connectivity index (χ2n) is 7.13. The number of ether oxygens (including phenoxy) is 2. The van der Waals surface area contributed by atoms with Gasteiger partial charge in [0.05, 0.1) is 11.7 Å². The SMILES string of the molecule is CC(C)Oc1ccc(C(=O)O[C@H](C)C(=O)N2c3ccccc3C[C@@H]2C)cc1. The van der Waals surface area contributed by atoms with Gasteiger partial charge < -0.3 is 14.4 Å². The van der Waals surface area contributed by atoms with Gasteiger partial charge in [0, 0.05) is 11.7 Å². The molecule has 5 nitrogen and oxygen atoms in total. The Bertz CT molecular complexity index is 828. The predicted octanol–water partition coefficient (Wildman–Crippen LogP) is 4.00. The highest BCUT2D eigenvalue weighted by Crippen LogP contribution is 2.32. The smallest absolute Gasteiger partial charge is 0.338 e. The average Bonchev–Trinajstić information content (AvgIpc) is 2.96. The molecule has 0 aliphatic carbocycles. The minimum Gasteiger partial charge on any atom is -0.491 e. The van der Waals surface area contributed by atoms with E-state index >= 15 is 0 Å². The summed E-state index contributed by atoms with van der Waals surface area (Å²) in [6.45, 7) is 7.49. The fourth-order valence-electron chi connectivity index (χ4n) is 3.32. The summed E-state index contributed by atoms with van der Waals surface area (Å²) < 4.78 is 11.0. The molecular formula is C22H25NO4. The number of para-hydroxylation sites is 1. The van der Waals surface area contributed by atoms with Crippen molar-refractivity contribution < 1.29 is 19.1 Å². The molecule has 0 saturated heterocycles. The van der Waals surface area contributed by atoms with E-state index in [1.165, 1.54) is 0 Å². The van der Waals surface area contributed by atoms with Crippen LogP contribution in [0.3, 0.4) is 0 Å². The van der Waals surface area contributed by atoms with Gasteiger partial charge >= 0.3 is 5.97 Å². The van der Waals surface area contributed by atoms with Gasteiger partial charge in [-0.2, -0.15) is 0 Å². The van der Waals surface area contributed by atoms with Gasteiger partial charge in [-0.3, -0.25) is 4.79 Å². The summed E-state index contributed by atoms with van der Waals surface area (Å²) in [7, 11) is 0. The van der Waals surface area contributed by atoms with Crippen LogP contribution in [0.2, 0.25) is 0 Å². The van der Waals surface area contributed by atoms with E-state index < -0.39 is 12.1 Å². The normalized spacial score (nSPS) is 16.8. The topological polar surface area (TPSA) is 55.8 Å². The number of hydrogen-bond acceptors (Lipinski definition) is 4. The Labute approximate surface area is 159 Å². The van der Waals surface area contributed by atoms with Crippen LogP contribution >= 0.6 is 0 Å². The number of amides is 1. The number of anilines is 1. The zero-order chi connectivity index (χ0) is 19.6. The van der Waals surface area contributed by atoms with Crippen molar-refractivity contribution in [3.8, 4) is 5.75 Å². The van der Waals surface area contributed by atoms with Crippen molar-refractivity contribution >= 4 is 17.6 Å². The molecule has 1 aliphatic rings. The summed E-state index contributed by atoms with van der Waals surface area (Å²) >= 11 is 0. The highest BCUT2D eigenvalue weighted by Gasteiger charge is 2.34. The van der Waals surface area contributed by atoms with E-state index in [2.05, 4.69) is 0 Å². The van der Waals surface area contributed by atoms with Crippen LogP contribution in [0.15, 0.2) is 48.5 Å². The molecule has 0 N–H and O–H groups in total. The largest absolute Gasteiger partial charge is 0.491 e. The molecule has 1 heterocycles. The van der Waals surface area contributed by atoms with Crippen LogP contribution in [0.4, 0.5) is 5.69 Å². The second-order valence-corrected chi connectivity index (χ2v) is 7.13. The number of carbonyl (C=O) groups excluding carboxylic acids is 2. The molecule has 0 fully saturated rings. The first-order valence-electron chi connectivity index (χ1n) is 9.25. The Hall–Kier alpha value is -2.82. The molecule has 0 bridgehead atoms. The maximum Gasteiger partial charge on any atom is 0.338 e. The fourth-order valence-corrected chi connectivity index (χ4v) is 3.32. The third-order valence-corrected chi connectivity index (χ3v) is 4.54. The van der Waals surface area contributed by atoms with Crippen molar-refractivity contribution in [2.45, 2.75) is 52.4 Å². The quantitative estimate of drug-likeness (QED) is 0.750. The third kappa shape index (κ3) is 4.13. The van der Waals surface area contributed by atoms with Crippen molar-refractivity contribution in [3.63, 3.8) is 0 Å². The Morgan fingerprint density at radius 1 is 1.04 bits per heavy atom. The molecule has 0 unspecified atom stereocenters. The minimum absolute atomic E-state index is 0.0449. The first-order chi connectivity index (χ1) is 12.9. The maximum absolute atomic E-state index is 12.9. The van der Waals surface area contributed by atoms with Gasteiger partial charge in [0.2, 0.25) is 0 Å². The van der Waals surface area contributed by atoms with Crippen LogP contribution < -0.4 is 9.64 Å².